The van der Waals surface area contributed by atoms with Crippen LogP contribution in [0.1, 0.15) is 54.2 Å². The van der Waals surface area contributed by atoms with Gasteiger partial charge in [0.1, 0.15) is 5.58 Å². The monoisotopic (exact) mass is 452 g/mol. The molecule has 2 aromatic heterocycles. The molecule has 1 amide bonds. The lowest BCUT2D eigenvalue weighted by atomic mass is 9.93. The number of aryl methyl sites for hydroxylation is 1. The molecule has 1 fully saturated rings. The van der Waals surface area contributed by atoms with Gasteiger partial charge in [-0.2, -0.15) is 0 Å². The fourth-order valence-electron chi connectivity index (χ4n) is 4.65. The minimum absolute atomic E-state index is 0.0716. The maximum atomic E-state index is 12.6. The van der Waals surface area contributed by atoms with Crippen molar-refractivity contribution >= 4 is 28.2 Å². The summed E-state index contributed by atoms with van der Waals surface area (Å²) in [4.78, 5) is 28.4. The Morgan fingerprint density at radius 1 is 1.25 bits per heavy atom. The molecular weight excluding hydrogens is 420 g/mol. The Labute approximate surface area is 193 Å². The van der Waals surface area contributed by atoms with E-state index < -0.39 is 0 Å². The molecule has 0 atom stereocenters. The second-order valence-corrected chi connectivity index (χ2v) is 10.2. The van der Waals surface area contributed by atoms with Gasteiger partial charge in [-0.1, -0.05) is 19.9 Å². The molecule has 0 bridgehead atoms. The zero-order chi connectivity index (χ0) is 22.7. The Kier molecular flexibility index (Phi) is 7.11. The zero-order valence-corrected chi connectivity index (χ0v) is 20.0. The highest BCUT2D eigenvalue weighted by Crippen LogP contribution is 2.28. The Morgan fingerprint density at radius 3 is 2.72 bits per heavy atom. The number of carbonyl (C=O) groups is 1. The topological polar surface area (TPSA) is 62.6 Å². The van der Waals surface area contributed by atoms with Crippen molar-refractivity contribution in [3.8, 4) is 0 Å². The fourth-order valence-corrected chi connectivity index (χ4v) is 5.36. The van der Waals surface area contributed by atoms with E-state index >= 15 is 0 Å². The molecule has 1 saturated heterocycles. The van der Waals surface area contributed by atoms with Crippen LogP contribution >= 0.6 is 11.3 Å². The lowest BCUT2D eigenvalue weighted by molar-refractivity contribution is -0.126. The molecule has 1 aliphatic heterocycles. The largest absolute Gasteiger partial charge is 0.423 e. The van der Waals surface area contributed by atoms with Crippen molar-refractivity contribution in [3.05, 3.63) is 67.7 Å². The summed E-state index contributed by atoms with van der Waals surface area (Å²) >= 11 is 1.73. The van der Waals surface area contributed by atoms with Crippen LogP contribution in [0, 0.1) is 12.8 Å². The van der Waals surface area contributed by atoms with Crippen LogP contribution in [0.25, 0.3) is 11.0 Å². The lowest BCUT2D eigenvalue weighted by Crippen LogP contribution is -2.40. The van der Waals surface area contributed by atoms with Crippen LogP contribution in [0.3, 0.4) is 0 Å². The highest BCUT2D eigenvalue weighted by molar-refractivity contribution is 7.09. The number of hydrogen-bond acceptors (Lipinski definition) is 5. The van der Waals surface area contributed by atoms with Gasteiger partial charge in [-0.05, 0) is 85.5 Å². The van der Waals surface area contributed by atoms with Gasteiger partial charge >= 0.3 is 5.63 Å². The smallest absolute Gasteiger partial charge is 0.336 e. The van der Waals surface area contributed by atoms with E-state index in [1.54, 1.807) is 17.4 Å². The number of nitrogens with one attached hydrogen (secondary N) is 1. The number of rotatable bonds is 7. The van der Waals surface area contributed by atoms with Crippen molar-refractivity contribution in [1.82, 2.24) is 10.2 Å². The predicted molar refractivity (Wildman–Crippen MR) is 130 cm³/mol. The lowest BCUT2D eigenvalue weighted by Gasteiger charge is -2.31. The highest BCUT2D eigenvalue weighted by atomic mass is 32.1. The standard InChI is InChI=1S/C26H32N2O3S/c1-17(2)22-15-23-20(14-25(29)31-24(23)13-18(22)3)16-28-10-7-19(8-11-28)26(30)27-9-6-21-5-4-12-32-21/h4-5,12-15,17,19H,6-11,16H2,1-3H3,(H,27,30). The molecule has 3 aromatic rings. The first-order valence-corrected chi connectivity index (χ1v) is 12.4. The van der Waals surface area contributed by atoms with E-state index in [4.69, 9.17) is 4.42 Å². The van der Waals surface area contributed by atoms with E-state index in [0.29, 0.717) is 24.6 Å². The van der Waals surface area contributed by atoms with Crippen molar-refractivity contribution < 1.29 is 9.21 Å². The quantitative estimate of drug-likeness (QED) is 0.520. The second kappa shape index (κ2) is 10.0. The third-order valence-electron chi connectivity index (χ3n) is 6.44. The van der Waals surface area contributed by atoms with Crippen molar-refractivity contribution in [2.45, 2.75) is 52.5 Å². The summed E-state index contributed by atoms with van der Waals surface area (Å²) in [6.45, 7) is 9.55. The third-order valence-corrected chi connectivity index (χ3v) is 7.38. The maximum Gasteiger partial charge on any atom is 0.336 e. The average molecular weight is 453 g/mol. The first-order valence-electron chi connectivity index (χ1n) is 11.5. The molecule has 6 heteroatoms. The molecule has 170 valence electrons. The van der Waals surface area contributed by atoms with Gasteiger partial charge in [-0.15, -0.1) is 11.3 Å². The van der Waals surface area contributed by atoms with E-state index in [0.717, 1.165) is 48.9 Å². The van der Waals surface area contributed by atoms with Crippen LogP contribution in [0.4, 0.5) is 0 Å². The molecule has 1 aliphatic rings. The van der Waals surface area contributed by atoms with Crippen LogP contribution in [0.2, 0.25) is 0 Å². The van der Waals surface area contributed by atoms with Crippen LogP contribution in [0.15, 0.2) is 44.9 Å². The maximum absolute atomic E-state index is 12.6. The minimum Gasteiger partial charge on any atom is -0.423 e. The number of fused-ring (bicyclic) bond motifs is 1. The molecule has 4 rings (SSSR count). The van der Waals surface area contributed by atoms with E-state index in [-0.39, 0.29) is 17.5 Å². The number of amides is 1. The molecule has 0 spiro atoms. The van der Waals surface area contributed by atoms with E-state index in [9.17, 15) is 9.59 Å². The molecule has 5 nitrogen and oxygen atoms in total. The van der Waals surface area contributed by atoms with Crippen LogP contribution in [0.5, 0.6) is 0 Å². The van der Waals surface area contributed by atoms with Crippen molar-refractivity contribution in [3.63, 3.8) is 0 Å². The Hall–Kier alpha value is -2.44. The van der Waals surface area contributed by atoms with Gasteiger partial charge in [0.15, 0.2) is 0 Å². The SMILES string of the molecule is Cc1cc2oc(=O)cc(CN3CCC(C(=O)NCCc4cccs4)CC3)c2cc1C(C)C. The number of piperidine rings is 1. The summed E-state index contributed by atoms with van der Waals surface area (Å²) in [6, 6.07) is 9.95. The summed E-state index contributed by atoms with van der Waals surface area (Å²) in [5.41, 5.74) is 3.81. The number of nitrogens with zero attached hydrogens (tertiary/aromatic N) is 1. The van der Waals surface area contributed by atoms with Crippen LogP contribution < -0.4 is 10.9 Å². The number of hydrogen-bond donors (Lipinski definition) is 1. The molecule has 1 N–H and O–H groups in total. The van der Waals surface area contributed by atoms with E-state index in [1.807, 2.05) is 12.1 Å². The molecule has 0 aliphatic carbocycles. The zero-order valence-electron chi connectivity index (χ0n) is 19.1. The molecule has 32 heavy (non-hydrogen) atoms. The van der Waals surface area contributed by atoms with Gasteiger partial charge < -0.3 is 9.73 Å². The summed E-state index contributed by atoms with van der Waals surface area (Å²) < 4.78 is 5.49. The second-order valence-electron chi connectivity index (χ2n) is 9.12. The van der Waals surface area contributed by atoms with Gasteiger partial charge in [0, 0.05) is 35.3 Å². The van der Waals surface area contributed by atoms with Crippen molar-refractivity contribution in [2.75, 3.05) is 19.6 Å². The molecule has 0 radical (unpaired) electrons. The molecular formula is C26H32N2O3S. The van der Waals surface area contributed by atoms with Gasteiger partial charge in [0.2, 0.25) is 5.91 Å². The average Bonchev–Trinajstić information content (AvgIpc) is 3.27. The van der Waals surface area contributed by atoms with Gasteiger partial charge in [-0.3, -0.25) is 9.69 Å². The number of likely N-dealkylation sites (tertiary alicyclic amines) is 1. The van der Waals surface area contributed by atoms with Gasteiger partial charge in [0.05, 0.1) is 0 Å². The molecule has 3 heterocycles. The summed E-state index contributed by atoms with van der Waals surface area (Å²) in [6.07, 6.45) is 2.59. The molecule has 0 unspecified atom stereocenters. The predicted octanol–water partition coefficient (Wildman–Crippen LogP) is 4.86. The summed E-state index contributed by atoms with van der Waals surface area (Å²) in [7, 11) is 0. The fraction of sp³-hybridized carbons (Fsp3) is 0.462. The Bertz CT molecular complexity index is 1130. The number of carbonyl (C=O) groups excluding carboxylic acids is 1. The van der Waals surface area contributed by atoms with Crippen LogP contribution in [-0.4, -0.2) is 30.4 Å². The number of benzene rings is 1. The molecule has 1 aromatic carbocycles. The first kappa shape index (κ1) is 22.7. The summed E-state index contributed by atoms with van der Waals surface area (Å²) in [5.74, 6) is 0.652. The summed E-state index contributed by atoms with van der Waals surface area (Å²) in [5, 5.41) is 6.19. The molecule has 0 saturated carbocycles. The highest BCUT2D eigenvalue weighted by Gasteiger charge is 2.25. The van der Waals surface area contributed by atoms with E-state index in [1.165, 1.54) is 10.4 Å². The van der Waals surface area contributed by atoms with Crippen LogP contribution in [-0.2, 0) is 17.8 Å². The Balaban J connectivity index is 1.38. The van der Waals surface area contributed by atoms with Gasteiger partial charge in [-0.25, -0.2) is 4.79 Å². The first-order chi connectivity index (χ1) is 15.4. The number of thiophene rings is 1. The minimum atomic E-state index is -0.302. The van der Waals surface area contributed by atoms with Gasteiger partial charge in [0.25, 0.3) is 0 Å². The van der Waals surface area contributed by atoms with Crippen molar-refractivity contribution in [1.29, 1.82) is 0 Å². The Morgan fingerprint density at radius 2 is 2.03 bits per heavy atom. The third kappa shape index (κ3) is 5.30. The van der Waals surface area contributed by atoms with Crippen molar-refractivity contribution in [2.24, 2.45) is 5.92 Å². The normalized spacial score (nSPS) is 15.5. The van der Waals surface area contributed by atoms with E-state index in [2.05, 4.69) is 48.5 Å².